The number of rotatable bonds is 3. The van der Waals surface area contributed by atoms with Gasteiger partial charge in [-0.15, -0.1) is 11.3 Å². The highest BCUT2D eigenvalue weighted by molar-refractivity contribution is 7.10. The van der Waals surface area contributed by atoms with E-state index in [0.717, 1.165) is 24.8 Å². The molecular formula is C15H22N2OS. The smallest absolute Gasteiger partial charge is 0.242 e. The highest BCUT2D eigenvalue weighted by Crippen LogP contribution is 2.39. The van der Waals surface area contributed by atoms with E-state index in [1.807, 2.05) is 0 Å². The van der Waals surface area contributed by atoms with E-state index < -0.39 is 5.54 Å². The number of aryl methyl sites for hydroxylation is 1. The van der Waals surface area contributed by atoms with Gasteiger partial charge in [0.05, 0.1) is 0 Å². The number of nitrogens with one attached hydrogen (secondary N) is 1. The molecule has 3 N–H and O–H groups in total. The number of carbonyl (C=O) groups excluding carboxylic acids is 1. The molecule has 1 heterocycles. The molecule has 104 valence electrons. The summed E-state index contributed by atoms with van der Waals surface area (Å²) >= 11 is 1.76. The molecule has 0 spiro atoms. The summed E-state index contributed by atoms with van der Waals surface area (Å²) in [6.07, 6.45) is 9.20. The van der Waals surface area contributed by atoms with Crippen LogP contribution < -0.4 is 11.1 Å². The van der Waals surface area contributed by atoms with Gasteiger partial charge in [-0.05, 0) is 49.1 Å². The molecule has 1 atom stereocenters. The van der Waals surface area contributed by atoms with Crippen LogP contribution in [0, 0.1) is 0 Å². The first-order valence-corrected chi connectivity index (χ1v) is 8.25. The molecule has 19 heavy (non-hydrogen) atoms. The predicted molar refractivity (Wildman–Crippen MR) is 78.1 cm³/mol. The summed E-state index contributed by atoms with van der Waals surface area (Å²) in [6.45, 7) is 0. The van der Waals surface area contributed by atoms with E-state index in [1.54, 1.807) is 11.3 Å². The maximum absolute atomic E-state index is 12.2. The Morgan fingerprint density at radius 2 is 2.11 bits per heavy atom. The average Bonchev–Trinajstić information content (AvgIpc) is 2.89. The number of primary amides is 1. The van der Waals surface area contributed by atoms with Crippen molar-refractivity contribution in [2.75, 3.05) is 0 Å². The molecule has 1 aromatic rings. The van der Waals surface area contributed by atoms with Gasteiger partial charge < -0.3 is 5.73 Å². The maximum atomic E-state index is 12.2. The molecule has 3 nitrogen and oxygen atoms in total. The van der Waals surface area contributed by atoms with E-state index in [-0.39, 0.29) is 5.91 Å². The van der Waals surface area contributed by atoms with Crippen LogP contribution in [-0.4, -0.2) is 11.9 Å². The van der Waals surface area contributed by atoms with Crippen molar-refractivity contribution in [1.82, 2.24) is 5.32 Å². The number of amides is 1. The average molecular weight is 278 g/mol. The van der Waals surface area contributed by atoms with Gasteiger partial charge in [-0.1, -0.05) is 19.3 Å². The van der Waals surface area contributed by atoms with Gasteiger partial charge in [0, 0.05) is 10.9 Å². The van der Waals surface area contributed by atoms with Crippen LogP contribution in [0.5, 0.6) is 0 Å². The van der Waals surface area contributed by atoms with Gasteiger partial charge in [0.15, 0.2) is 0 Å². The Hall–Kier alpha value is -0.870. The molecule has 0 aromatic carbocycles. The van der Waals surface area contributed by atoms with Crippen molar-refractivity contribution >= 4 is 17.2 Å². The molecule has 1 aromatic heterocycles. The van der Waals surface area contributed by atoms with Crippen LogP contribution in [0.3, 0.4) is 0 Å². The van der Waals surface area contributed by atoms with Crippen molar-refractivity contribution in [2.24, 2.45) is 5.73 Å². The van der Waals surface area contributed by atoms with Gasteiger partial charge in [0.25, 0.3) is 0 Å². The van der Waals surface area contributed by atoms with Crippen LogP contribution in [0.4, 0.5) is 0 Å². The second-order valence-electron chi connectivity index (χ2n) is 5.86. The zero-order valence-corrected chi connectivity index (χ0v) is 12.1. The molecule has 0 aliphatic heterocycles. The lowest BCUT2D eigenvalue weighted by Crippen LogP contribution is -2.57. The highest BCUT2D eigenvalue weighted by Gasteiger charge is 2.43. The van der Waals surface area contributed by atoms with Gasteiger partial charge in [0.1, 0.15) is 5.54 Å². The topological polar surface area (TPSA) is 55.1 Å². The lowest BCUT2D eigenvalue weighted by molar-refractivity contribution is -0.126. The number of hydrogen-bond acceptors (Lipinski definition) is 3. The first-order chi connectivity index (χ1) is 9.22. The minimum absolute atomic E-state index is 0.197. The molecule has 2 aliphatic rings. The van der Waals surface area contributed by atoms with Gasteiger partial charge in [0.2, 0.25) is 5.91 Å². The van der Waals surface area contributed by atoms with E-state index in [1.165, 1.54) is 37.0 Å². The Balaban J connectivity index is 1.90. The van der Waals surface area contributed by atoms with E-state index in [2.05, 4.69) is 16.8 Å². The van der Waals surface area contributed by atoms with Crippen LogP contribution in [0.25, 0.3) is 0 Å². The molecule has 1 fully saturated rings. The number of carbonyl (C=O) groups is 1. The van der Waals surface area contributed by atoms with Gasteiger partial charge in [-0.2, -0.15) is 0 Å². The number of fused-ring (bicyclic) bond motifs is 1. The second kappa shape index (κ2) is 5.25. The van der Waals surface area contributed by atoms with E-state index in [9.17, 15) is 4.79 Å². The monoisotopic (exact) mass is 278 g/mol. The summed E-state index contributed by atoms with van der Waals surface area (Å²) in [4.78, 5) is 13.5. The van der Waals surface area contributed by atoms with Crippen molar-refractivity contribution in [3.05, 3.63) is 21.9 Å². The standard InChI is InChI=1S/C15H22N2OS/c16-14(18)15(17-11-5-2-1-3-6-11)9-4-7-13-12(15)8-10-19-13/h8,10-11,17H,1-7,9H2,(H2,16,18). The third-order valence-corrected chi connectivity index (χ3v) is 5.62. The minimum Gasteiger partial charge on any atom is -0.368 e. The summed E-state index contributed by atoms with van der Waals surface area (Å²) in [5.41, 5.74) is 6.35. The third kappa shape index (κ3) is 2.32. The minimum atomic E-state index is -0.602. The maximum Gasteiger partial charge on any atom is 0.242 e. The van der Waals surface area contributed by atoms with Crippen LogP contribution >= 0.6 is 11.3 Å². The Bertz CT molecular complexity index is 464. The van der Waals surface area contributed by atoms with Crippen LogP contribution in [0.2, 0.25) is 0 Å². The number of nitrogens with two attached hydrogens (primary N) is 1. The molecule has 4 heteroatoms. The first kappa shape index (κ1) is 13.1. The molecule has 0 bridgehead atoms. The zero-order valence-electron chi connectivity index (χ0n) is 11.3. The fourth-order valence-electron chi connectivity index (χ4n) is 3.64. The van der Waals surface area contributed by atoms with E-state index in [4.69, 9.17) is 5.73 Å². The Morgan fingerprint density at radius 3 is 2.84 bits per heavy atom. The Kier molecular flexibility index (Phi) is 3.63. The van der Waals surface area contributed by atoms with Crippen LogP contribution in [-0.2, 0) is 16.8 Å². The molecule has 0 saturated heterocycles. The van der Waals surface area contributed by atoms with Gasteiger partial charge >= 0.3 is 0 Å². The normalized spacial score (nSPS) is 28.0. The molecule has 1 saturated carbocycles. The SMILES string of the molecule is NC(=O)C1(NC2CCCCC2)CCCc2sccc21. The summed E-state index contributed by atoms with van der Waals surface area (Å²) in [5.74, 6) is -0.197. The molecule has 3 rings (SSSR count). The highest BCUT2D eigenvalue weighted by atomic mass is 32.1. The fraction of sp³-hybridized carbons (Fsp3) is 0.667. The largest absolute Gasteiger partial charge is 0.368 e. The van der Waals surface area contributed by atoms with Crippen LogP contribution in [0.15, 0.2) is 11.4 Å². The van der Waals surface area contributed by atoms with E-state index >= 15 is 0 Å². The lowest BCUT2D eigenvalue weighted by Gasteiger charge is -2.40. The van der Waals surface area contributed by atoms with Gasteiger partial charge in [-0.3, -0.25) is 10.1 Å². The predicted octanol–water partition coefficient (Wildman–Crippen LogP) is 2.69. The molecule has 1 amide bonds. The number of thiophene rings is 1. The lowest BCUT2D eigenvalue weighted by atomic mass is 9.78. The quantitative estimate of drug-likeness (QED) is 0.893. The summed E-state index contributed by atoms with van der Waals surface area (Å²) in [5, 5.41) is 5.74. The fourth-order valence-corrected chi connectivity index (χ4v) is 4.64. The Labute approximate surface area is 118 Å². The van der Waals surface area contributed by atoms with Crippen molar-refractivity contribution in [1.29, 1.82) is 0 Å². The second-order valence-corrected chi connectivity index (χ2v) is 6.86. The molecule has 0 radical (unpaired) electrons. The third-order valence-electron chi connectivity index (χ3n) is 4.64. The first-order valence-electron chi connectivity index (χ1n) is 7.37. The van der Waals surface area contributed by atoms with Crippen molar-refractivity contribution < 1.29 is 4.79 Å². The Morgan fingerprint density at radius 1 is 1.32 bits per heavy atom. The van der Waals surface area contributed by atoms with E-state index in [0.29, 0.717) is 6.04 Å². The van der Waals surface area contributed by atoms with Gasteiger partial charge in [-0.25, -0.2) is 0 Å². The van der Waals surface area contributed by atoms with Crippen molar-refractivity contribution in [2.45, 2.75) is 62.9 Å². The van der Waals surface area contributed by atoms with Crippen LogP contribution in [0.1, 0.15) is 55.4 Å². The van der Waals surface area contributed by atoms with Crippen molar-refractivity contribution in [3.63, 3.8) is 0 Å². The van der Waals surface area contributed by atoms with Crippen molar-refractivity contribution in [3.8, 4) is 0 Å². The molecular weight excluding hydrogens is 256 g/mol. The molecule has 2 aliphatic carbocycles. The summed E-state index contributed by atoms with van der Waals surface area (Å²) in [7, 11) is 0. The number of hydrogen-bond donors (Lipinski definition) is 2. The zero-order chi connectivity index (χ0) is 13.3. The summed E-state index contributed by atoms with van der Waals surface area (Å²) in [6, 6.07) is 2.55. The summed E-state index contributed by atoms with van der Waals surface area (Å²) < 4.78 is 0. The molecule has 1 unspecified atom stereocenters.